The number of para-hydroxylation sites is 1. The summed E-state index contributed by atoms with van der Waals surface area (Å²) in [5.74, 6) is -0.127. The summed E-state index contributed by atoms with van der Waals surface area (Å²) < 4.78 is 6.40. The average molecular weight is 384 g/mol. The molecule has 0 saturated heterocycles. The molecular formula is C21H25NO4Si. The van der Waals surface area contributed by atoms with Gasteiger partial charge in [0.05, 0.1) is 11.1 Å². The van der Waals surface area contributed by atoms with Gasteiger partial charge < -0.3 is 4.43 Å². The van der Waals surface area contributed by atoms with Crippen LogP contribution in [0.2, 0.25) is 18.1 Å². The lowest BCUT2D eigenvalue weighted by molar-refractivity contribution is -0.101. The van der Waals surface area contributed by atoms with E-state index in [0.717, 1.165) is 16.4 Å². The van der Waals surface area contributed by atoms with Crippen LogP contribution in [0.1, 0.15) is 47.1 Å². The third kappa shape index (κ3) is 3.68. The largest absolute Gasteiger partial charge is 0.543 e. The monoisotopic (exact) mass is 383 g/mol. The molecule has 1 aliphatic rings. The predicted octanol–water partition coefficient (Wildman–Crippen LogP) is 4.80. The number of imide groups is 1. The molecule has 0 bridgehead atoms. The molecule has 0 fully saturated rings. The van der Waals surface area contributed by atoms with E-state index in [-0.39, 0.29) is 11.6 Å². The third-order valence-electron chi connectivity index (χ3n) is 5.25. The molecule has 0 atom stereocenters. The van der Waals surface area contributed by atoms with E-state index in [1.54, 1.807) is 24.3 Å². The van der Waals surface area contributed by atoms with Gasteiger partial charge in [0.1, 0.15) is 12.4 Å². The fourth-order valence-corrected chi connectivity index (χ4v) is 3.62. The zero-order chi connectivity index (χ0) is 19.8. The second-order valence-corrected chi connectivity index (χ2v) is 12.9. The molecule has 0 spiro atoms. The van der Waals surface area contributed by atoms with Crippen molar-refractivity contribution in [2.24, 2.45) is 0 Å². The maximum absolute atomic E-state index is 12.4. The highest BCUT2D eigenvalue weighted by atomic mass is 28.4. The molecule has 2 aromatic rings. The standard InChI is InChI=1S/C21H25NO4Si/c1-21(2,3)27(4,5)26-18-13-9-6-10-15(18)14-25-22-19(23)16-11-7-8-12-17(16)20(22)24/h6-13H,14H2,1-5H3. The Kier molecular flexibility index (Phi) is 4.97. The van der Waals surface area contributed by atoms with Crippen LogP contribution in [-0.2, 0) is 11.4 Å². The van der Waals surface area contributed by atoms with Gasteiger partial charge in [0, 0.05) is 5.56 Å². The average Bonchev–Trinajstić information content (AvgIpc) is 2.84. The highest BCUT2D eigenvalue weighted by Gasteiger charge is 2.40. The smallest absolute Gasteiger partial charge is 0.285 e. The molecule has 3 rings (SSSR count). The molecule has 2 amide bonds. The van der Waals surface area contributed by atoms with Crippen molar-refractivity contribution in [3.63, 3.8) is 0 Å². The Hall–Kier alpha value is -2.44. The van der Waals surface area contributed by atoms with Gasteiger partial charge in [-0.1, -0.05) is 51.1 Å². The Morgan fingerprint density at radius 3 is 1.96 bits per heavy atom. The second-order valence-electron chi connectivity index (χ2n) is 8.19. The zero-order valence-corrected chi connectivity index (χ0v) is 17.4. The van der Waals surface area contributed by atoms with Gasteiger partial charge in [-0.2, -0.15) is 0 Å². The SMILES string of the molecule is CC(C)(C)[Si](C)(C)Oc1ccccc1CON1C(=O)c2ccccc2C1=O. The number of hydrogen-bond donors (Lipinski definition) is 0. The van der Waals surface area contributed by atoms with E-state index in [1.165, 1.54) is 0 Å². The lowest BCUT2D eigenvalue weighted by Gasteiger charge is -2.37. The van der Waals surface area contributed by atoms with Crippen molar-refractivity contribution in [3.05, 3.63) is 65.2 Å². The van der Waals surface area contributed by atoms with Gasteiger partial charge in [0.15, 0.2) is 0 Å². The quantitative estimate of drug-likeness (QED) is 0.550. The van der Waals surface area contributed by atoms with E-state index in [1.807, 2.05) is 24.3 Å². The van der Waals surface area contributed by atoms with Gasteiger partial charge in [0.2, 0.25) is 8.32 Å². The van der Waals surface area contributed by atoms with E-state index in [2.05, 4.69) is 33.9 Å². The highest BCUT2D eigenvalue weighted by Crippen LogP contribution is 2.38. The number of amides is 2. The first-order chi connectivity index (χ1) is 12.6. The fourth-order valence-electron chi connectivity index (χ4n) is 2.57. The molecule has 6 heteroatoms. The number of fused-ring (bicyclic) bond motifs is 1. The number of rotatable bonds is 5. The Bertz CT molecular complexity index is 851. The lowest BCUT2D eigenvalue weighted by Crippen LogP contribution is -2.44. The number of hydrogen-bond acceptors (Lipinski definition) is 4. The van der Waals surface area contributed by atoms with Crippen LogP contribution >= 0.6 is 0 Å². The number of hydroxylamine groups is 2. The Balaban J connectivity index is 1.77. The number of carbonyl (C=O) groups excluding carboxylic acids is 2. The molecule has 27 heavy (non-hydrogen) atoms. The Morgan fingerprint density at radius 2 is 1.41 bits per heavy atom. The van der Waals surface area contributed by atoms with Crippen molar-refractivity contribution >= 4 is 20.1 Å². The summed E-state index contributed by atoms with van der Waals surface area (Å²) in [6.07, 6.45) is 0. The number of nitrogens with zero attached hydrogens (tertiary/aromatic N) is 1. The summed E-state index contributed by atoms with van der Waals surface area (Å²) in [4.78, 5) is 30.5. The first-order valence-electron chi connectivity index (χ1n) is 8.99. The number of benzene rings is 2. The van der Waals surface area contributed by atoms with E-state index in [9.17, 15) is 9.59 Å². The highest BCUT2D eigenvalue weighted by molar-refractivity contribution is 6.74. The van der Waals surface area contributed by atoms with Crippen LogP contribution in [0.3, 0.4) is 0 Å². The fraction of sp³-hybridized carbons (Fsp3) is 0.333. The van der Waals surface area contributed by atoms with Crippen molar-refractivity contribution in [2.45, 2.75) is 45.5 Å². The molecule has 0 radical (unpaired) electrons. The van der Waals surface area contributed by atoms with Gasteiger partial charge in [0.25, 0.3) is 11.8 Å². The van der Waals surface area contributed by atoms with E-state index in [0.29, 0.717) is 11.1 Å². The minimum atomic E-state index is -2.02. The van der Waals surface area contributed by atoms with Gasteiger partial charge in [-0.05, 0) is 36.3 Å². The molecule has 1 heterocycles. The van der Waals surface area contributed by atoms with Crippen molar-refractivity contribution in [1.82, 2.24) is 5.06 Å². The normalized spacial score (nSPS) is 14.5. The minimum absolute atomic E-state index is 0.0590. The van der Waals surface area contributed by atoms with Gasteiger partial charge >= 0.3 is 0 Å². The summed E-state index contributed by atoms with van der Waals surface area (Å²) in [5.41, 5.74) is 1.54. The molecule has 0 aromatic heterocycles. The van der Waals surface area contributed by atoms with Crippen molar-refractivity contribution < 1.29 is 18.9 Å². The molecule has 142 valence electrons. The summed E-state index contributed by atoms with van der Waals surface area (Å²) in [6, 6.07) is 14.3. The van der Waals surface area contributed by atoms with E-state index >= 15 is 0 Å². The van der Waals surface area contributed by atoms with E-state index < -0.39 is 20.1 Å². The summed E-state index contributed by atoms with van der Waals surface area (Å²) in [5, 5.41) is 0.900. The van der Waals surface area contributed by atoms with Crippen LogP contribution in [-0.4, -0.2) is 25.2 Å². The molecule has 0 unspecified atom stereocenters. The molecular weight excluding hydrogens is 358 g/mol. The zero-order valence-electron chi connectivity index (χ0n) is 16.4. The first kappa shape index (κ1) is 19.3. The predicted molar refractivity (Wildman–Crippen MR) is 106 cm³/mol. The third-order valence-corrected chi connectivity index (χ3v) is 9.59. The summed E-state index contributed by atoms with van der Waals surface area (Å²) in [7, 11) is -2.02. The number of carbonyl (C=O) groups is 2. The molecule has 1 aliphatic heterocycles. The molecule has 2 aromatic carbocycles. The van der Waals surface area contributed by atoms with Crippen molar-refractivity contribution in [3.8, 4) is 5.75 Å². The van der Waals surface area contributed by atoms with Crippen LogP contribution in [0.4, 0.5) is 0 Å². The topological polar surface area (TPSA) is 55.8 Å². The maximum atomic E-state index is 12.4. The lowest BCUT2D eigenvalue weighted by atomic mass is 10.1. The van der Waals surface area contributed by atoms with Crippen LogP contribution in [0.5, 0.6) is 5.75 Å². The molecule has 0 saturated carbocycles. The van der Waals surface area contributed by atoms with Crippen molar-refractivity contribution in [1.29, 1.82) is 0 Å². The molecule has 0 N–H and O–H groups in total. The van der Waals surface area contributed by atoms with Gasteiger partial charge in [-0.15, -0.1) is 5.06 Å². The van der Waals surface area contributed by atoms with Crippen LogP contribution in [0.25, 0.3) is 0 Å². The molecule has 0 aliphatic carbocycles. The minimum Gasteiger partial charge on any atom is -0.543 e. The van der Waals surface area contributed by atoms with E-state index in [4.69, 9.17) is 9.26 Å². The molecule has 5 nitrogen and oxygen atoms in total. The maximum Gasteiger partial charge on any atom is 0.285 e. The van der Waals surface area contributed by atoms with Gasteiger partial charge in [-0.25, -0.2) is 0 Å². The van der Waals surface area contributed by atoms with Crippen LogP contribution in [0.15, 0.2) is 48.5 Å². The first-order valence-corrected chi connectivity index (χ1v) is 11.9. The second kappa shape index (κ2) is 6.94. The van der Waals surface area contributed by atoms with Crippen molar-refractivity contribution in [2.75, 3.05) is 0 Å². The Morgan fingerprint density at radius 1 is 0.889 bits per heavy atom. The summed E-state index contributed by atoms with van der Waals surface area (Å²) in [6.45, 7) is 11.0. The van der Waals surface area contributed by atoms with Crippen LogP contribution < -0.4 is 4.43 Å². The van der Waals surface area contributed by atoms with Crippen LogP contribution in [0, 0.1) is 0 Å². The summed E-state index contributed by atoms with van der Waals surface area (Å²) >= 11 is 0. The Labute approximate surface area is 161 Å². The van der Waals surface area contributed by atoms with Gasteiger partial charge in [-0.3, -0.25) is 14.4 Å².